The van der Waals surface area contributed by atoms with Crippen molar-refractivity contribution in [2.45, 2.75) is 39.2 Å². The molecule has 1 unspecified atom stereocenters. The normalized spacial score (nSPS) is 19.1. The minimum Gasteiger partial charge on any atom is -0.454 e. The van der Waals surface area contributed by atoms with E-state index in [-0.39, 0.29) is 11.8 Å². The maximum absolute atomic E-state index is 12.0. The molecule has 0 bridgehead atoms. The zero-order chi connectivity index (χ0) is 13.1. The van der Waals surface area contributed by atoms with Crippen molar-refractivity contribution in [3.05, 3.63) is 35.4 Å². The van der Waals surface area contributed by atoms with Gasteiger partial charge in [0.05, 0.1) is 0 Å². The van der Waals surface area contributed by atoms with Crippen LogP contribution in [0.5, 0.6) is 0 Å². The summed E-state index contributed by atoms with van der Waals surface area (Å²) < 4.78 is 4.98. The first kappa shape index (κ1) is 12.8. The van der Waals surface area contributed by atoms with Gasteiger partial charge in [0.2, 0.25) is 5.78 Å². The number of carbonyl (C=O) groups is 2. The molecule has 0 saturated carbocycles. The Kier molecular flexibility index (Phi) is 3.80. The summed E-state index contributed by atoms with van der Waals surface area (Å²) in [7, 11) is 0. The Balaban J connectivity index is 2.05. The number of ether oxygens (including phenoxy) is 1. The lowest BCUT2D eigenvalue weighted by molar-refractivity contribution is -0.140. The highest BCUT2D eigenvalue weighted by Gasteiger charge is 2.30. The van der Waals surface area contributed by atoms with Crippen LogP contribution in [0, 0.1) is 5.92 Å². The van der Waals surface area contributed by atoms with Crippen molar-refractivity contribution >= 4 is 11.8 Å². The Labute approximate surface area is 107 Å². The summed E-state index contributed by atoms with van der Waals surface area (Å²) in [6.07, 6.45) is 1.29. The molecule has 0 amide bonds. The zero-order valence-electron chi connectivity index (χ0n) is 10.8. The molecule has 96 valence electrons. The van der Waals surface area contributed by atoms with Gasteiger partial charge in [-0.3, -0.25) is 9.59 Å². The van der Waals surface area contributed by atoms with Gasteiger partial charge in [-0.1, -0.05) is 38.1 Å². The monoisotopic (exact) mass is 246 g/mol. The molecular formula is C15H18O3. The molecular weight excluding hydrogens is 228 g/mol. The van der Waals surface area contributed by atoms with Crippen molar-refractivity contribution in [3.8, 4) is 0 Å². The molecule has 1 aliphatic rings. The Morgan fingerprint density at radius 3 is 2.50 bits per heavy atom. The van der Waals surface area contributed by atoms with Gasteiger partial charge in [0, 0.05) is 18.4 Å². The second-order valence-corrected chi connectivity index (χ2v) is 5.18. The number of hydrogen-bond donors (Lipinski definition) is 0. The Bertz CT molecular complexity index is 445. The van der Waals surface area contributed by atoms with Crippen LogP contribution in [0.25, 0.3) is 0 Å². The van der Waals surface area contributed by atoms with Gasteiger partial charge in [0.15, 0.2) is 6.10 Å². The lowest BCUT2D eigenvalue weighted by Gasteiger charge is -2.09. The number of rotatable bonds is 4. The van der Waals surface area contributed by atoms with E-state index in [1.165, 1.54) is 5.56 Å². The molecule has 1 saturated heterocycles. The first-order chi connectivity index (χ1) is 8.56. The minimum atomic E-state index is -0.576. The molecule has 0 radical (unpaired) electrons. The van der Waals surface area contributed by atoms with E-state index >= 15 is 0 Å². The first-order valence-electron chi connectivity index (χ1n) is 6.39. The predicted octanol–water partition coefficient (Wildman–Crippen LogP) is 2.77. The summed E-state index contributed by atoms with van der Waals surface area (Å²) in [6, 6.07) is 7.60. The van der Waals surface area contributed by atoms with E-state index in [0.717, 1.165) is 6.42 Å². The van der Waals surface area contributed by atoms with Crippen molar-refractivity contribution in [2.24, 2.45) is 5.92 Å². The average Bonchev–Trinajstić information content (AvgIpc) is 2.75. The highest BCUT2D eigenvalue weighted by molar-refractivity contribution is 6.01. The van der Waals surface area contributed by atoms with Crippen LogP contribution in [-0.4, -0.2) is 17.9 Å². The summed E-state index contributed by atoms with van der Waals surface area (Å²) in [6.45, 7) is 4.33. The van der Waals surface area contributed by atoms with Crippen LogP contribution in [0.1, 0.15) is 42.6 Å². The van der Waals surface area contributed by atoms with E-state index in [4.69, 9.17) is 4.74 Å². The maximum Gasteiger partial charge on any atom is 0.306 e. The molecule has 0 aromatic heterocycles. The third-order valence-electron chi connectivity index (χ3n) is 3.06. The molecule has 0 N–H and O–H groups in total. The smallest absolute Gasteiger partial charge is 0.306 e. The molecule has 3 nitrogen and oxygen atoms in total. The molecule has 2 rings (SSSR count). The van der Waals surface area contributed by atoms with Crippen molar-refractivity contribution in [1.29, 1.82) is 0 Å². The van der Waals surface area contributed by atoms with Gasteiger partial charge in [-0.05, 0) is 17.9 Å². The van der Waals surface area contributed by atoms with Crippen LogP contribution in [0.3, 0.4) is 0 Å². The van der Waals surface area contributed by atoms with E-state index in [9.17, 15) is 9.59 Å². The van der Waals surface area contributed by atoms with Crippen LogP contribution in [-0.2, 0) is 16.0 Å². The molecule has 1 aromatic rings. The number of ketones is 1. The fourth-order valence-corrected chi connectivity index (χ4v) is 2.17. The van der Waals surface area contributed by atoms with Crippen LogP contribution >= 0.6 is 0 Å². The number of cyclic esters (lactones) is 1. The number of esters is 1. The summed E-state index contributed by atoms with van der Waals surface area (Å²) in [5.74, 6) is 0.240. The molecule has 1 aromatic carbocycles. The third-order valence-corrected chi connectivity index (χ3v) is 3.06. The number of benzene rings is 1. The van der Waals surface area contributed by atoms with Crippen molar-refractivity contribution in [2.75, 3.05) is 0 Å². The number of hydrogen-bond acceptors (Lipinski definition) is 3. The Hall–Kier alpha value is -1.64. The second-order valence-electron chi connectivity index (χ2n) is 5.18. The highest BCUT2D eigenvalue weighted by atomic mass is 16.6. The molecule has 1 fully saturated rings. The van der Waals surface area contributed by atoms with Gasteiger partial charge in [-0.2, -0.15) is 0 Å². The average molecular weight is 246 g/mol. The Morgan fingerprint density at radius 1 is 1.33 bits per heavy atom. The van der Waals surface area contributed by atoms with Crippen molar-refractivity contribution in [1.82, 2.24) is 0 Å². The fourth-order valence-electron chi connectivity index (χ4n) is 2.17. The first-order valence-corrected chi connectivity index (χ1v) is 6.39. The van der Waals surface area contributed by atoms with Gasteiger partial charge in [0.1, 0.15) is 0 Å². The summed E-state index contributed by atoms with van der Waals surface area (Å²) in [5.41, 5.74) is 1.85. The SMILES string of the molecule is CC(C)Cc1ccc(C(=O)C2CCC(=O)O2)cc1. The van der Waals surface area contributed by atoms with Crippen molar-refractivity contribution in [3.63, 3.8) is 0 Å². The zero-order valence-corrected chi connectivity index (χ0v) is 10.8. The van der Waals surface area contributed by atoms with E-state index in [1.807, 2.05) is 24.3 Å². The minimum absolute atomic E-state index is 0.0862. The molecule has 0 aliphatic carbocycles. The van der Waals surface area contributed by atoms with Crippen LogP contribution in [0.4, 0.5) is 0 Å². The van der Waals surface area contributed by atoms with Gasteiger partial charge < -0.3 is 4.74 Å². The largest absolute Gasteiger partial charge is 0.454 e. The molecule has 0 spiro atoms. The van der Waals surface area contributed by atoms with E-state index in [1.54, 1.807) is 0 Å². The van der Waals surface area contributed by atoms with Crippen molar-refractivity contribution < 1.29 is 14.3 Å². The molecule has 1 atom stereocenters. The second kappa shape index (κ2) is 5.34. The lowest BCUT2D eigenvalue weighted by atomic mass is 9.99. The van der Waals surface area contributed by atoms with Crippen LogP contribution < -0.4 is 0 Å². The standard InChI is InChI=1S/C15H18O3/c1-10(2)9-11-3-5-12(6-4-11)15(17)13-7-8-14(16)18-13/h3-6,10,13H,7-9H2,1-2H3. The maximum atomic E-state index is 12.0. The van der Waals surface area contributed by atoms with Gasteiger partial charge in [-0.15, -0.1) is 0 Å². The van der Waals surface area contributed by atoms with E-state index in [0.29, 0.717) is 24.3 Å². The lowest BCUT2D eigenvalue weighted by Crippen LogP contribution is -2.20. The quantitative estimate of drug-likeness (QED) is 0.606. The fraction of sp³-hybridized carbons (Fsp3) is 0.467. The number of Topliss-reactive ketones (excluding diaryl/α,β-unsaturated/α-hetero) is 1. The molecule has 3 heteroatoms. The molecule has 1 aliphatic heterocycles. The van der Waals surface area contributed by atoms with Crippen LogP contribution in [0.15, 0.2) is 24.3 Å². The predicted molar refractivity (Wildman–Crippen MR) is 68.4 cm³/mol. The van der Waals surface area contributed by atoms with Crippen LogP contribution in [0.2, 0.25) is 0 Å². The summed E-state index contributed by atoms with van der Waals surface area (Å²) in [4.78, 5) is 23.0. The topological polar surface area (TPSA) is 43.4 Å². The van der Waals surface area contributed by atoms with E-state index in [2.05, 4.69) is 13.8 Å². The third kappa shape index (κ3) is 2.97. The highest BCUT2D eigenvalue weighted by Crippen LogP contribution is 2.19. The van der Waals surface area contributed by atoms with Gasteiger partial charge >= 0.3 is 5.97 Å². The van der Waals surface area contributed by atoms with E-state index < -0.39 is 6.10 Å². The number of carbonyl (C=O) groups excluding carboxylic acids is 2. The molecule has 18 heavy (non-hydrogen) atoms. The van der Waals surface area contributed by atoms with Gasteiger partial charge in [-0.25, -0.2) is 0 Å². The Morgan fingerprint density at radius 2 is 2.00 bits per heavy atom. The summed E-state index contributed by atoms with van der Waals surface area (Å²) >= 11 is 0. The summed E-state index contributed by atoms with van der Waals surface area (Å²) in [5, 5.41) is 0. The molecule has 1 heterocycles. The van der Waals surface area contributed by atoms with Gasteiger partial charge in [0.25, 0.3) is 0 Å².